The Morgan fingerprint density at radius 1 is 0.958 bits per heavy atom. The highest BCUT2D eigenvalue weighted by Crippen LogP contribution is 2.62. The van der Waals surface area contributed by atoms with Crippen LogP contribution in [0.2, 0.25) is 0 Å². The second kappa shape index (κ2) is 8.05. The number of alkyl halides is 6. The van der Waals surface area contributed by atoms with Crippen LogP contribution in [0.25, 0.3) is 0 Å². The van der Waals surface area contributed by atoms with Crippen molar-refractivity contribution in [2.45, 2.75) is 51.8 Å². The summed E-state index contributed by atoms with van der Waals surface area (Å²) in [7, 11) is -4.32. The summed E-state index contributed by atoms with van der Waals surface area (Å²) in [6.45, 7) is 4.50. The normalized spacial score (nSPS) is 16.1. The number of hydrogen-bond acceptors (Lipinski definition) is 5. The van der Waals surface area contributed by atoms with Gasteiger partial charge in [-0.3, -0.25) is 9.36 Å². The molecule has 0 aromatic carbocycles. The predicted octanol–water partition coefficient (Wildman–Crippen LogP) is 4.66. The quantitative estimate of drug-likeness (QED) is 0.344. The van der Waals surface area contributed by atoms with E-state index in [0.717, 1.165) is 6.92 Å². The Hall–Kier alpha value is -0.800. The molecule has 12 heteroatoms. The third kappa shape index (κ3) is 5.35. The van der Waals surface area contributed by atoms with Crippen molar-refractivity contribution in [1.29, 1.82) is 0 Å². The highest BCUT2D eigenvalue weighted by molar-refractivity contribution is 7.55. The summed E-state index contributed by atoms with van der Waals surface area (Å²) in [6.07, 6.45) is -12.2. The highest BCUT2D eigenvalue weighted by Gasteiger charge is 2.64. The van der Waals surface area contributed by atoms with Crippen molar-refractivity contribution >= 4 is 13.6 Å². The third-order valence-corrected chi connectivity index (χ3v) is 5.81. The van der Waals surface area contributed by atoms with Crippen molar-refractivity contribution in [3.05, 3.63) is 0 Å². The van der Waals surface area contributed by atoms with Gasteiger partial charge >= 0.3 is 25.9 Å². The zero-order valence-corrected chi connectivity index (χ0v) is 14.3. The number of carbonyl (C=O) groups is 1. The average molecular weight is 388 g/mol. The Balaban J connectivity index is 5.77. The number of halogens is 6. The van der Waals surface area contributed by atoms with E-state index in [1.807, 2.05) is 0 Å². The monoisotopic (exact) mass is 388 g/mol. The van der Waals surface area contributed by atoms with Crippen molar-refractivity contribution in [1.82, 2.24) is 0 Å². The molecule has 0 aliphatic heterocycles. The summed E-state index contributed by atoms with van der Waals surface area (Å²) in [5.74, 6) is -6.97. The Labute approximate surface area is 135 Å². The van der Waals surface area contributed by atoms with Gasteiger partial charge in [0.25, 0.3) is 0 Å². The van der Waals surface area contributed by atoms with E-state index in [9.17, 15) is 35.7 Å². The number of rotatable bonds is 8. The van der Waals surface area contributed by atoms with Gasteiger partial charge in [0.15, 0.2) is 0 Å². The summed E-state index contributed by atoms with van der Waals surface area (Å²) in [5.41, 5.74) is 0. The number of hydrogen-bond donors (Lipinski definition) is 0. The smallest absolute Gasteiger partial charge is 0.411 e. The van der Waals surface area contributed by atoms with Gasteiger partial charge in [0.05, 0.1) is 13.2 Å². The SMILES string of the molecule is CCOP(=O)(OCC)[C@](C)(CC)OC(=O)C(C(F)(F)F)C(F)(F)F. The van der Waals surface area contributed by atoms with Crippen LogP contribution in [0.3, 0.4) is 0 Å². The molecule has 0 aliphatic rings. The topological polar surface area (TPSA) is 61.8 Å². The Morgan fingerprint density at radius 3 is 1.58 bits per heavy atom. The maximum atomic E-state index is 12.6. The Kier molecular flexibility index (Phi) is 7.78. The summed E-state index contributed by atoms with van der Waals surface area (Å²) in [5, 5.41) is -2.30. The molecule has 5 nitrogen and oxygen atoms in total. The second-order valence-corrected chi connectivity index (χ2v) is 7.26. The van der Waals surface area contributed by atoms with Crippen LogP contribution in [-0.2, 0) is 23.1 Å². The molecule has 0 radical (unpaired) electrons. The molecule has 0 rings (SSSR count). The van der Waals surface area contributed by atoms with E-state index >= 15 is 0 Å². The van der Waals surface area contributed by atoms with E-state index in [4.69, 9.17) is 9.05 Å². The standard InChI is InChI=1S/C12H19F6O5P/c1-5-10(4,24(20,21-6-2)22-7-3)23-9(19)8(11(13,14)15)12(16,17)18/h8H,5-7H2,1-4H3/t10-/m1/s1. The lowest BCUT2D eigenvalue weighted by molar-refractivity contribution is -0.284. The predicted molar refractivity (Wildman–Crippen MR) is 71.2 cm³/mol. The molecule has 0 saturated heterocycles. The van der Waals surface area contributed by atoms with Crippen molar-refractivity contribution in [2.75, 3.05) is 13.2 Å². The molecule has 0 N–H and O–H groups in total. The van der Waals surface area contributed by atoms with Crippen molar-refractivity contribution in [3.63, 3.8) is 0 Å². The fourth-order valence-corrected chi connectivity index (χ4v) is 3.59. The van der Waals surface area contributed by atoms with Gasteiger partial charge in [-0.15, -0.1) is 0 Å². The Bertz CT molecular complexity index is 454. The molecule has 0 fully saturated rings. The maximum Gasteiger partial charge on any atom is 0.411 e. The highest BCUT2D eigenvalue weighted by atomic mass is 31.2. The van der Waals surface area contributed by atoms with Crippen LogP contribution in [0, 0.1) is 5.92 Å². The number of carbonyl (C=O) groups excluding carboxylic acids is 1. The largest absolute Gasteiger partial charge is 0.446 e. The summed E-state index contributed by atoms with van der Waals surface area (Å²) in [6, 6.07) is 0. The maximum absolute atomic E-state index is 12.6. The van der Waals surface area contributed by atoms with Gasteiger partial charge < -0.3 is 13.8 Å². The van der Waals surface area contributed by atoms with Gasteiger partial charge in [-0.05, 0) is 27.2 Å². The van der Waals surface area contributed by atoms with Crippen LogP contribution in [-0.4, -0.2) is 36.9 Å². The minimum Gasteiger partial charge on any atom is -0.446 e. The first-order valence-electron chi connectivity index (χ1n) is 6.94. The van der Waals surface area contributed by atoms with Gasteiger partial charge in [0.1, 0.15) is 0 Å². The fraction of sp³-hybridized carbons (Fsp3) is 0.917. The molecule has 0 aromatic heterocycles. The number of esters is 1. The fourth-order valence-electron chi connectivity index (χ4n) is 1.70. The molecule has 0 heterocycles. The van der Waals surface area contributed by atoms with Gasteiger partial charge in [-0.25, -0.2) is 0 Å². The lowest BCUT2D eigenvalue weighted by atomic mass is 10.1. The summed E-state index contributed by atoms with van der Waals surface area (Å²) < 4.78 is 102. The van der Waals surface area contributed by atoms with Crippen molar-refractivity contribution < 1.29 is 49.5 Å². The van der Waals surface area contributed by atoms with Crippen LogP contribution in [0.4, 0.5) is 26.3 Å². The van der Waals surface area contributed by atoms with Crippen molar-refractivity contribution in [3.8, 4) is 0 Å². The van der Waals surface area contributed by atoms with Crippen molar-refractivity contribution in [2.24, 2.45) is 5.92 Å². The van der Waals surface area contributed by atoms with Crippen LogP contribution >= 0.6 is 7.60 Å². The zero-order valence-electron chi connectivity index (χ0n) is 13.5. The van der Waals surface area contributed by atoms with Crippen LogP contribution in [0.15, 0.2) is 0 Å². The first-order valence-corrected chi connectivity index (χ1v) is 8.48. The van der Waals surface area contributed by atoms with E-state index in [-0.39, 0.29) is 13.2 Å². The molecule has 0 spiro atoms. The second-order valence-electron chi connectivity index (χ2n) is 4.80. The first kappa shape index (κ1) is 23.2. The molecule has 0 amide bonds. The van der Waals surface area contributed by atoms with Gasteiger partial charge in [-0.1, -0.05) is 6.92 Å². The summed E-state index contributed by atoms with van der Waals surface area (Å²) in [4.78, 5) is 11.6. The van der Waals surface area contributed by atoms with Gasteiger partial charge in [0.2, 0.25) is 11.3 Å². The lowest BCUT2D eigenvalue weighted by Gasteiger charge is -2.35. The van der Waals surface area contributed by atoms with Crippen LogP contribution in [0.5, 0.6) is 0 Å². The van der Waals surface area contributed by atoms with Gasteiger partial charge in [0, 0.05) is 0 Å². The van der Waals surface area contributed by atoms with Gasteiger partial charge in [-0.2, -0.15) is 26.3 Å². The molecule has 24 heavy (non-hydrogen) atoms. The average Bonchev–Trinajstić information content (AvgIpc) is 2.35. The molecular weight excluding hydrogens is 369 g/mol. The minimum atomic E-state index is -5.91. The third-order valence-electron chi connectivity index (χ3n) is 3.04. The minimum absolute atomic E-state index is 0.216. The van der Waals surface area contributed by atoms with E-state index in [2.05, 4.69) is 4.74 Å². The van der Waals surface area contributed by atoms with Crippen LogP contribution in [0.1, 0.15) is 34.1 Å². The zero-order chi connectivity index (χ0) is 19.4. The molecule has 144 valence electrons. The number of ether oxygens (including phenoxy) is 1. The van der Waals surface area contributed by atoms with E-state index in [0.29, 0.717) is 0 Å². The molecule has 0 unspecified atom stereocenters. The van der Waals surface area contributed by atoms with E-state index < -0.39 is 43.6 Å². The lowest BCUT2D eigenvalue weighted by Crippen LogP contribution is -2.46. The van der Waals surface area contributed by atoms with E-state index in [1.165, 1.54) is 20.8 Å². The summed E-state index contributed by atoms with van der Waals surface area (Å²) >= 11 is 0. The molecule has 0 bridgehead atoms. The Morgan fingerprint density at radius 2 is 1.33 bits per heavy atom. The molecule has 0 saturated carbocycles. The first-order chi connectivity index (χ1) is 10.7. The van der Waals surface area contributed by atoms with Crippen LogP contribution < -0.4 is 0 Å². The molecule has 0 aromatic rings. The molecule has 0 aliphatic carbocycles. The van der Waals surface area contributed by atoms with E-state index in [1.54, 1.807) is 0 Å². The molecular formula is C12H19F6O5P. The molecule has 1 atom stereocenters.